The SMILES string of the molecule is CC(C)/C=C/C(C)(C)CF. The smallest absolute Gasteiger partial charge is 0.0979 e. The van der Waals surface area contributed by atoms with E-state index in [1.165, 1.54) is 0 Å². The van der Waals surface area contributed by atoms with Gasteiger partial charge in [-0.3, -0.25) is 4.39 Å². The maximum absolute atomic E-state index is 12.2. The summed E-state index contributed by atoms with van der Waals surface area (Å²) in [6.07, 6.45) is 3.98. The number of hydrogen-bond donors (Lipinski definition) is 0. The molecule has 0 spiro atoms. The molecule has 0 aromatic heterocycles. The number of hydrogen-bond acceptors (Lipinski definition) is 0. The summed E-state index contributed by atoms with van der Waals surface area (Å²) < 4.78 is 12.2. The number of allylic oxidation sites excluding steroid dienone is 2. The van der Waals surface area contributed by atoms with Gasteiger partial charge in [0.25, 0.3) is 0 Å². The molecule has 0 rings (SSSR count). The zero-order valence-corrected chi connectivity index (χ0v) is 7.32. The van der Waals surface area contributed by atoms with Crippen molar-refractivity contribution in [1.29, 1.82) is 0 Å². The van der Waals surface area contributed by atoms with E-state index in [1.807, 2.05) is 26.0 Å². The van der Waals surface area contributed by atoms with Gasteiger partial charge in [0.15, 0.2) is 0 Å². The summed E-state index contributed by atoms with van der Waals surface area (Å²) in [5, 5.41) is 0. The van der Waals surface area contributed by atoms with Gasteiger partial charge in [0.2, 0.25) is 0 Å². The molecule has 0 aromatic carbocycles. The van der Waals surface area contributed by atoms with Crippen LogP contribution in [-0.4, -0.2) is 6.67 Å². The van der Waals surface area contributed by atoms with Gasteiger partial charge in [-0.15, -0.1) is 0 Å². The largest absolute Gasteiger partial charge is 0.250 e. The van der Waals surface area contributed by atoms with E-state index >= 15 is 0 Å². The van der Waals surface area contributed by atoms with Crippen molar-refractivity contribution < 1.29 is 4.39 Å². The fraction of sp³-hybridized carbons (Fsp3) is 0.778. The normalized spacial score (nSPS) is 13.4. The Balaban J connectivity index is 3.86. The van der Waals surface area contributed by atoms with Crippen LogP contribution in [0.15, 0.2) is 12.2 Å². The average molecular weight is 144 g/mol. The zero-order valence-electron chi connectivity index (χ0n) is 7.32. The van der Waals surface area contributed by atoms with Gasteiger partial charge in [0.1, 0.15) is 0 Å². The molecule has 0 radical (unpaired) electrons. The van der Waals surface area contributed by atoms with E-state index in [1.54, 1.807) is 0 Å². The van der Waals surface area contributed by atoms with Crippen LogP contribution in [-0.2, 0) is 0 Å². The highest BCUT2D eigenvalue weighted by molar-refractivity contribution is 4.95. The van der Waals surface area contributed by atoms with Crippen molar-refractivity contribution in [3.8, 4) is 0 Å². The third-order valence-corrected chi connectivity index (χ3v) is 1.28. The van der Waals surface area contributed by atoms with E-state index < -0.39 is 0 Å². The molecule has 0 aromatic rings. The highest BCUT2D eigenvalue weighted by Gasteiger charge is 2.12. The second-order valence-corrected chi connectivity index (χ2v) is 3.73. The Morgan fingerprint density at radius 1 is 1.40 bits per heavy atom. The van der Waals surface area contributed by atoms with Gasteiger partial charge in [-0.2, -0.15) is 0 Å². The van der Waals surface area contributed by atoms with Gasteiger partial charge >= 0.3 is 0 Å². The van der Waals surface area contributed by atoms with Gasteiger partial charge in [0.05, 0.1) is 6.67 Å². The summed E-state index contributed by atoms with van der Waals surface area (Å²) in [5.41, 5.74) is -0.274. The first-order chi connectivity index (χ1) is 4.48. The zero-order chi connectivity index (χ0) is 8.20. The van der Waals surface area contributed by atoms with Crippen molar-refractivity contribution in [2.75, 3.05) is 6.67 Å². The topological polar surface area (TPSA) is 0 Å². The second-order valence-electron chi connectivity index (χ2n) is 3.73. The molecule has 0 saturated carbocycles. The summed E-state index contributed by atoms with van der Waals surface area (Å²) in [4.78, 5) is 0. The third-order valence-electron chi connectivity index (χ3n) is 1.28. The van der Waals surface area contributed by atoms with Gasteiger partial charge in [-0.05, 0) is 5.92 Å². The maximum atomic E-state index is 12.2. The minimum absolute atomic E-state index is 0.274. The lowest BCUT2D eigenvalue weighted by Crippen LogP contribution is -2.09. The van der Waals surface area contributed by atoms with Crippen molar-refractivity contribution >= 4 is 0 Å². The summed E-state index contributed by atoms with van der Waals surface area (Å²) in [6, 6.07) is 0. The highest BCUT2D eigenvalue weighted by atomic mass is 19.1. The van der Waals surface area contributed by atoms with Crippen LogP contribution in [0, 0.1) is 11.3 Å². The first-order valence-electron chi connectivity index (χ1n) is 3.73. The Kier molecular flexibility index (Phi) is 3.62. The van der Waals surface area contributed by atoms with Crippen LogP contribution >= 0.6 is 0 Å². The lowest BCUT2D eigenvalue weighted by Gasteiger charge is -2.14. The van der Waals surface area contributed by atoms with Crippen molar-refractivity contribution in [1.82, 2.24) is 0 Å². The minimum atomic E-state index is -0.282. The maximum Gasteiger partial charge on any atom is 0.0979 e. The number of alkyl halides is 1. The molecule has 1 heteroatoms. The lowest BCUT2D eigenvalue weighted by molar-refractivity contribution is 0.321. The Morgan fingerprint density at radius 3 is 2.20 bits per heavy atom. The van der Waals surface area contributed by atoms with Gasteiger partial charge in [-0.1, -0.05) is 39.8 Å². The van der Waals surface area contributed by atoms with E-state index in [0.29, 0.717) is 5.92 Å². The minimum Gasteiger partial charge on any atom is -0.250 e. The lowest BCUT2D eigenvalue weighted by atomic mass is 9.94. The molecule has 0 saturated heterocycles. The number of rotatable bonds is 3. The van der Waals surface area contributed by atoms with E-state index in [4.69, 9.17) is 0 Å². The monoisotopic (exact) mass is 144 g/mol. The fourth-order valence-electron chi connectivity index (χ4n) is 0.497. The predicted octanol–water partition coefficient (Wildman–Crippen LogP) is 3.19. The first-order valence-corrected chi connectivity index (χ1v) is 3.73. The molecule has 0 N–H and O–H groups in total. The van der Waals surface area contributed by atoms with Gasteiger partial charge in [0, 0.05) is 5.41 Å². The molecule has 0 heterocycles. The van der Waals surface area contributed by atoms with E-state index in [0.717, 1.165) is 0 Å². The molecule has 0 aliphatic rings. The molecule has 0 aliphatic heterocycles. The molecule has 60 valence electrons. The van der Waals surface area contributed by atoms with Gasteiger partial charge in [-0.25, -0.2) is 0 Å². The number of halogens is 1. The molecule has 10 heavy (non-hydrogen) atoms. The third kappa shape index (κ3) is 4.54. The summed E-state index contributed by atoms with van der Waals surface area (Å²) in [5.74, 6) is 0.519. The van der Waals surface area contributed by atoms with Crippen LogP contribution in [0.2, 0.25) is 0 Å². The molecule has 0 fully saturated rings. The molecule has 0 nitrogen and oxygen atoms in total. The summed E-state index contributed by atoms with van der Waals surface area (Å²) in [6.45, 7) is 7.68. The molecule has 0 amide bonds. The Hall–Kier alpha value is -0.330. The van der Waals surface area contributed by atoms with Crippen LogP contribution in [0.3, 0.4) is 0 Å². The summed E-state index contributed by atoms with van der Waals surface area (Å²) in [7, 11) is 0. The van der Waals surface area contributed by atoms with Crippen molar-refractivity contribution in [3.63, 3.8) is 0 Å². The first kappa shape index (κ1) is 9.67. The molecule has 0 aliphatic carbocycles. The van der Waals surface area contributed by atoms with Gasteiger partial charge < -0.3 is 0 Å². The molecule has 0 bridgehead atoms. The average Bonchev–Trinajstić information content (AvgIpc) is 1.85. The van der Waals surface area contributed by atoms with E-state index in [2.05, 4.69) is 13.8 Å². The van der Waals surface area contributed by atoms with Crippen molar-refractivity contribution in [2.24, 2.45) is 11.3 Å². The Bertz CT molecular complexity index is 112. The summed E-state index contributed by atoms with van der Waals surface area (Å²) >= 11 is 0. The molecule has 0 atom stereocenters. The predicted molar refractivity (Wildman–Crippen MR) is 43.7 cm³/mol. The van der Waals surface area contributed by atoms with Crippen LogP contribution < -0.4 is 0 Å². The van der Waals surface area contributed by atoms with E-state index in [9.17, 15) is 4.39 Å². The Labute approximate surface area is 63.1 Å². The second kappa shape index (κ2) is 3.75. The standard InChI is InChI=1S/C9H17F/c1-8(2)5-6-9(3,4)7-10/h5-6,8H,7H2,1-4H3/b6-5+. The molecule has 0 unspecified atom stereocenters. The highest BCUT2D eigenvalue weighted by Crippen LogP contribution is 2.18. The molecular weight excluding hydrogens is 127 g/mol. The van der Waals surface area contributed by atoms with Crippen molar-refractivity contribution in [3.05, 3.63) is 12.2 Å². The van der Waals surface area contributed by atoms with Crippen LogP contribution in [0.1, 0.15) is 27.7 Å². The van der Waals surface area contributed by atoms with Crippen LogP contribution in [0.25, 0.3) is 0 Å². The quantitative estimate of drug-likeness (QED) is 0.533. The van der Waals surface area contributed by atoms with E-state index in [-0.39, 0.29) is 12.1 Å². The Morgan fingerprint density at radius 2 is 1.90 bits per heavy atom. The molecular formula is C9H17F. The van der Waals surface area contributed by atoms with Crippen LogP contribution in [0.5, 0.6) is 0 Å². The van der Waals surface area contributed by atoms with Crippen LogP contribution in [0.4, 0.5) is 4.39 Å². The van der Waals surface area contributed by atoms with Crippen molar-refractivity contribution in [2.45, 2.75) is 27.7 Å². The fourth-order valence-corrected chi connectivity index (χ4v) is 0.497.